The van der Waals surface area contributed by atoms with Crippen molar-refractivity contribution in [3.63, 3.8) is 0 Å². The fourth-order valence-electron chi connectivity index (χ4n) is 4.75. The van der Waals surface area contributed by atoms with Crippen LogP contribution in [0.5, 0.6) is 17.2 Å². The van der Waals surface area contributed by atoms with Crippen molar-refractivity contribution in [3.05, 3.63) is 56.9 Å². The van der Waals surface area contributed by atoms with Crippen LogP contribution in [0.25, 0.3) is 6.08 Å². The quantitative estimate of drug-likeness (QED) is 0.516. The largest absolute Gasteiger partial charge is 0.496 e. The maximum atomic E-state index is 13.5. The standard InChI is InChI=1S/C26H27BrN2O5S/c1-32-20-8-6-16(10-18(20)27)12-24-26(31)29(19-4-2-3-5-23(19)35-24)14-25(30)28-13-17-7-9-21-22(11-17)34-15-33-21/h6-12,19,23H,2-5,13-15H2,1H3,(H,28,30)/b24-12+. The molecule has 1 N–H and O–H groups in total. The van der Waals surface area contributed by atoms with Crippen molar-refractivity contribution < 1.29 is 23.8 Å². The van der Waals surface area contributed by atoms with Gasteiger partial charge in [-0.25, -0.2) is 0 Å². The Morgan fingerprint density at radius 3 is 2.86 bits per heavy atom. The number of fused-ring (bicyclic) bond motifs is 2. The number of methoxy groups -OCH3 is 1. The van der Waals surface area contributed by atoms with Crippen molar-refractivity contribution in [1.82, 2.24) is 10.2 Å². The third-order valence-corrected chi connectivity index (χ3v) is 8.55. The van der Waals surface area contributed by atoms with E-state index in [9.17, 15) is 9.59 Å². The fourth-order valence-corrected chi connectivity index (χ4v) is 6.78. The van der Waals surface area contributed by atoms with Crippen LogP contribution in [-0.4, -0.2) is 48.5 Å². The number of nitrogens with one attached hydrogen (secondary N) is 1. The monoisotopic (exact) mass is 558 g/mol. The molecule has 2 unspecified atom stereocenters. The maximum absolute atomic E-state index is 13.5. The van der Waals surface area contributed by atoms with Crippen LogP contribution in [0.4, 0.5) is 0 Å². The van der Waals surface area contributed by atoms with Gasteiger partial charge in [0.2, 0.25) is 12.7 Å². The molecule has 184 valence electrons. The number of benzene rings is 2. The smallest absolute Gasteiger partial charge is 0.261 e. The maximum Gasteiger partial charge on any atom is 0.261 e. The number of hydrogen-bond acceptors (Lipinski definition) is 6. The number of halogens is 1. The summed E-state index contributed by atoms with van der Waals surface area (Å²) in [5, 5.41) is 3.26. The van der Waals surface area contributed by atoms with Crippen molar-refractivity contribution in [2.75, 3.05) is 20.4 Å². The van der Waals surface area contributed by atoms with Gasteiger partial charge >= 0.3 is 0 Å². The molecule has 1 aliphatic carbocycles. The van der Waals surface area contributed by atoms with Gasteiger partial charge in [-0.2, -0.15) is 0 Å². The SMILES string of the molecule is COc1ccc(/C=C2/SC3CCCCC3N(CC(=O)NCc3ccc4c(c3)OCO4)C2=O)cc1Br. The molecule has 2 aliphatic heterocycles. The summed E-state index contributed by atoms with van der Waals surface area (Å²) in [4.78, 5) is 28.9. The topological polar surface area (TPSA) is 77.1 Å². The summed E-state index contributed by atoms with van der Waals surface area (Å²) >= 11 is 5.17. The second-order valence-electron chi connectivity index (χ2n) is 8.81. The normalized spacial score (nSPS) is 22.2. The molecule has 2 atom stereocenters. The van der Waals surface area contributed by atoms with Crippen molar-refractivity contribution in [2.24, 2.45) is 0 Å². The molecule has 7 nitrogen and oxygen atoms in total. The average Bonchev–Trinajstić information content (AvgIpc) is 3.33. The van der Waals surface area contributed by atoms with E-state index in [-0.39, 0.29) is 31.2 Å². The van der Waals surface area contributed by atoms with Crippen LogP contribution in [0, 0.1) is 0 Å². The Labute approximate surface area is 217 Å². The number of rotatable bonds is 6. The zero-order valence-electron chi connectivity index (χ0n) is 19.4. The van der Waals surface area contributed by atoms with Crippen molar-refractivity contribution in [2.45, 2.75) is 43.5 Å². The van der Waals surface area contributed by atoms with Gasteiger partial charge < -0.3 is 24.4 Å². The van der Waals surface area contributed by atoms with Crippen LogP contribution < -0.4 is 19.5 Å². The predicted molar refractivity (Wildman–Crippen MR) is 138 cm³/mol. The molecule has 0 radical (unpaired) electrons. The molecule has 2 amide bonds. The lowest BCUT2D eigenvalue weighted by molar-refractivity contribution is -0.135. The van der Waals surface area contributed by atoms with Crippen LogP contribution in [0.15, 0.2) is 45.8 Å². The molecule has 5 rings (SSSR count). The van der Waals surface area contributed by atoms with Gasteiger partial charge in [0.05, 0.1) is 16.5 Å². The van der Waals surface area contributed by atoms with Crippen molar-refractivity contribution >= 4 is 45.6 Å². The molecule has 3 aliphatic rings. The van der Waals surface area contributed by atoms with Crippen LogP contribution in [0.3, 0.4) is 0 Å². The summed E-state index contributed by atoms with van der Waals surface area (Å²) in [6.07, 6.45) is 6.12. The van der Waals surface area contributed by atoms with E-state index in [1.807, 2.05) is 42.5 Å². The number of thioether (sulfide) groups is 1. The van der Waals surface area contributed by atoms with Gasteiger partial charge in [-0.3, -0.25) is 9.59 Å². The Morgan fingerprint density at radius 2 is 2.03 bits per heavy atom. The number of carbonyl (C=O) groups is 2. The molecule has 1 saturated carbocycles. The molecule has 35 heavy (non-hydrogen) atoms. The van der Waals surface area contributed by atoms with Crippen molar-refractivity contribution in [1.29, 1.82) is 0 Å². The minimum Gasteiger partial charge on any atom is -0.496 e. The summed E-state index contributed by atoms with van der Waals surface area (Å²) in [5.41, 5.74) is 1.83. The molecule has 0 spiro atoms. The zero-order chi connectivity index (χ0) is 24.4. The van der Waals surface area contributed by atoms with Crippen LogP contribution in [-0.2, 0) is 16.1 Å². The molecular weight excluding hydrogens is 532 g/mol. The molecule has 2 aromatic rings. The van der Waals surface area contributed by atoms with E-state index in [1.54, 1.807) is 23.8 Å². The Balaban J connectivity index is 1.30. The number of hydrogen-bond donors (Lipinski definition) is 1. The first-order valence-electron chi connectivity index (χ1n) is 11.7. The Bertz CT molecular complexity index is 1170. The lowest BCUT2D eigenvalue weighted by atomic mass is 9.93. The molecular formula is C26H27BrN2O5S. The molecule has 0 bridgehead atoms. The number of amides is 2. The Hall–Kier alpha value is -2.65. The minimum atomic E-state index is -0.168. The van der Waals surface area contributed by atoms with E-state index in [4.69, 9.17) is 14.2 Å². The molecule has 2 fully saturated rings. The number of ether oxygens (including phenoxy) is 3. The summed E-state index contributed by atoms with van der Waals surface area (Å²) in [7, 11) is 1.62. The molecule has 2 aromatic carbocycles. The average molecular weight is 559 g/mol. The lowest BCUT2D eigenvalue weighted by Gasteiger charge is -2.43. The van der Waals surface area contributed by atoms with E-state index in [2.05, 4.69) is 21.2 Å². The summed E-state index contributed by atoms with van der Waals surface area (Å²) in [6, 6.07) is 11.4. The Kier molecular flexibility index (Phi) is 7.24. The highest BCUT2D eigenvalue weighted by molar-refractivity contribution is 9.10. The van der Waals surface area contributed by atoms with Gasteiger partial charge in [-0.15, -0.1) is 11.8 Å². The van der Waals surface area contributed by atoms with Crippen LogP contribution in [0.2, 0.25) is 0 Å². The first-order chi connectivity index (χ1) is 17.0. The molecule has 0 aromatic heterocycles. The third-order valence-electron chi connectivity index (χ3n) is 6.53. The highest BCUT2D eigenvalue weighted by Crippen LogP contribution is 2.42. The summed E-state index contributed by atoms with van der Waals surface area (Å²) in [6.45, 7) is 0.629. The van der Waals surface area contributed by atoms with Crippen LogP contribution >= 0.6 is 27.7 Å². The molecule has 1 saturated heterocycles. The third kappa shape index (κ3) is 5.30. The van der Waals surface area contributed by atoms with Gasteiger partial charge in [0.25, 0.3) is 5.91 Å². The van der Waals surface area contributed by atoms with E-state index in [1.165, 1.54) is 0 Å². The number of nitrogens with zero attached hydrogens (tertiary/aromatic N) is 1. The predicted octanol–water partition coefficient (Wildman–Crippen LogP) is 4.73. The fraction of sp³-hybridized carbons (Fsp3) is 0.385. The van der Waals surface area contributed by atoms with Gasteiger partial charge in [0.15, 0.2) is 11.5 Å². The summed E-state index contributed by atoms with van der Waals surface area (Å²) in [5.74, 6) is 1.89. The lowest BCUT2D eigenvalue weighted by Crippen LogP contribution is -2.54. The second-order valence-corrected chi connectivity index (χ2v) is 10.9. The highest BCUT2D eigenvalue weighted by atomic mass is 79.9. The molecule has 9 heteroatoms. The molecule has 2 heterocycles. The van der Waals surface area contributed by atoms with E-state index in [0.29, 0.717) is 28.2 Å². The minimum absolute atomic E-state index is 0.0504. The highest BCUT2D eigenvalue weighted by Gasteiger charge is 2.41. The first kappa shape index (κ1) is 24.1. The van der Waals surface area contributed by atoms with Gasteiger partial charge in [-0.05, 0) is 70.2 Å². The van der Waals surface area contributed by atoms with Crippen LogP contribution in [0.1, 0.15) is 36.8 Å². The van der Waals surface area contributed by atoms with E-state index < -0.39 is 0 Å². The van der Waals surface area contributed by atoms with Gasteiger partial charge in [0.1, 0.15) is 12.3 Å². The first-order valence-corrected chi connectivity index (χ1v) is 13.4. The van der Waals surface area contributed by atoms with Gasteiger partial charge in [0, 0.05) is 17.8 Å². The zero-order valence-corrected chi connectivity index (χ0v) is 21.8. The second kappa shape index (κ2) is 10.5. The van der Waals surface area contributed by atoms with E-state index in [0.717, 1.165) is 47.0 Å². The number of carbonyl (C=O) groups excluding carboxylic acids is 2. The van der Waals surface area contributed by atoms with Crippen molar-refractivity contribution in [3.8, 4) is 17.2 Å². The van der Waals surface area contributed by atoms with Gasteiger partial charge in [-0.1, -0.05) is 25.0 Å². The van der Waals surface area contributed by atoms with E-state index >= 15 is 0 Å². The summed E-state index contributed by atoms with van der Waals surface area (Å²) < 4.78 is 16.9. The Morgan fingerprint density at radius 1 is 1.20 bits per heavy atom.